The molecule has 0 aromatic carbocycles. The Balaban J connectivity index is 2.08. The summed E-state index contributed by atoms with van der Waals surface area (Å²) in [7, 11) is 0. The first-order valence-electron chi connectivity index (χ1n) is 23.1. The molecule has 0 spiro atoms. The molecular formula is C47H89NO4. The number of allylic oxidation sites excluding steroid dienone is 4. The highest BCUT2D eigenvalue weighted by Crippen LogP contribution is 2.13. The van der Waals surface area contributed by atoms with E-state index in [1.165, 1.54) is 193 Å². The van der Waals surface area contributed by atoms with Crippen LogP contribution in [0, 0.1) is 0 Å². The van der Waals surface area contributed by atoms with Crippen LogP contribution in [-0.2, 0) is 19.0 Å². The van der Waals surface area contributed by atoms with Crippen molar-refractivity contribution in [2.75, 3.05) is 46.1 Å². The van der Waals surface area contributed by atoms with Gasteiger partial charge in [0, 0.05) is 19.6 Å². The average molecular weight is 732 g/mol. The molecule has 1 fully saturated rings. The van der Waals surface area contributed by atoms with E-state index in [-0.39, 0.29) is 12.1 Å². The molecule has 1 heterocycles. The zero-order chi connectivity index (χ0) is 37.3. The lowest BCUT2D eigenvalue weighted by atomic mass is 10.1. The minimum absolute atomic E-state index is 0.106. The molecule has 52 heavy (non-hydrogen) atoms. The van der Waals surface area contributed by atoms with Crippen LogP contribution in [0.25, 0.3) is 0 Å². The van der Waals surface area contributed by atoms with Crippen molar-refractivity contribution in [3.05, 3.63) is 24.3 Å². The molecule has 5 nitrogen and oxygen atoms in total. The van der Waals surface area contributed by atoms with Gasteiger partial charge in [-0.1, -0.05) is 154 Å². The van der Waals surface area contributed by atoms with Crippen LogP contribution in [0.15, 0.2) is 24.3 Å². The van der Waals surface area contributed by atoms with Gasteiger partial charge < -0.3 is 19.1 Å². The van der Waals surface area contributed by atoms with Gasteiger partial charge >= 0.3 is 5.97 Å². The summed E-state index contributed by atoms with van der Waals surface area (Å²) in [6.45, 7) is 10.3. The maximum atomic E-state index is 12.7. The largest absolute Gasteiger partial charge is 0.457 e. The summed E-state index contributed by atoms with van der Waals surface area (Å²) in [5.41, 5.74) is 0. The maximum absolute atomic E-state index is 12.7. The van der Waals surface area contributed by atoms with E-state index in [9.17, 15) is 4.79 Å². The summed E-state index contributed by atoms with van der Waals surface area (Å²) in [6, 6.07) is 0. The molecule has 5 heteroatoms. The molecule has 0 unspecified atom stereocenters. The van der Waals surface area contributed by atoms with Gasteiger partial charge in [-0.3, -0.25) is 4.79 Å². The molecule has 0 radical (unpaired) electrons. The molecule has 1 saturated heterocycles. The van der Waals surface area contributed by atoms with Crippen LogP contribution < -0.4 is 0 Å². The lowest BCUT2D eigenvalue weighted by Crippen LogP contribution is -2.29. The van der Waals surface area contributed by atoms with E-state index in [1.807, 2.05) is 0 Å². The lowest BCUT2D eigenvalue weighted by molar-refractivity contribution is -0.156. The number of rotatable bonds is 41. The van der Waals surface area contributed by atoms with Gasteiger partial charge in [-0.15, -0.1) is 0 Å². The fourth-order valence-corrected chi connectivity index (χ4v) is 7.15. The SMILES string of the molecule is CCCCCCCCC=CCCCCCCCCOCC(COCCCCCCCCC=CCCCCCCCC)OC(=O)CCCN1CCCC1. The van der Waals surface area contributed by atoms with E-state index in [2.05, 4.69) is 43.1 Å². The van der Waals surface area contributed by atoms with Crippen LogP contribution in [0.3, 0.4) is 0 Å². The van der Waals surface area contributed by atoms with Crippen molar-refractivity contribution in [3.63, 3.8) is 0 Å². The fourth-order valence-electron chi connectivity index (χ4n) is 7.15. The van der Waals surface area contributed by atoms with E-state index < -0.39 is 0 Å². The Morgan fingerprint density at radius 2 is 0.865 bits per heavy atom. The van der Waals surface area contributed by atoms with Crippen molar-refractivity contribution in [1.29, 1.82) is 0 Å². The topological polar surface area (TPSA) is 48.0 Å². The van der Waals surface area contributed by atoms with Crippen molar-refractivity contribution in [1.82, 2.24) is 4.90 Å². The number of carbonyl (C=O) groups is 1. The van der Waals surface area contributed by atoms with E-state index in [4.69, 9.17) is 14.2 Å². The summed E-state index contributed by atoms with van der Waals surface area (Å²) >= 11 is 0. The normalized spacial score (nSPS) is 14.3. The summed E-state index contributed by atoms with van der Waals surface area (Å²) in [5.74, 6) is -0.106. The number of likely N-dealkylation sites (tertiary alicyclic amines) is 1. The number of hydrogen-bond donors (Lipinski definition) is 0. The van der Waals surface area contributed by atoms with Crippen LogP contribution in [-0.4, -0.2) is 63.0 Å². The quantitative estimate of drug-likeness (QED) is 0.0356. The fraction of sp³-hybridized carbons (Fsp3) is 0.894. The highest BCUT2D eigenvalue weighted by atomic mass is 16.6. The number of carbonyl (C=O) groups excluding carboxylic acids is 1. The van der Waals surface area contributed by atoms with E-state index >= 15 is 0 Å². The number of unbranched alkanes of at least 4 members (excludes halogenated alkanes) is 24. The Labute approximate surface area is 324 Å². The Kier molecular flexibility index (Phi) is 38.5. The van der Waals surface area contributed by atoms with E-state index in [0.717, 1.165) is 39.0 Å². The van der Waals surface area contributed by atoms with Crippen LogP contribution in [0.2, 0.25) is 0 Å². The molecule has 306 valence electrons. The van der Waals surface area contributed by atoms with Gasteiger partial charge in [-0.05, 0) is 103 Å². The van der Waals surface area contributed by atoms with E-state index in [1.54, 1.807) is 0 Å². The monoisotopic (exact) mass is 732 g/mol. The molecular weight excluding hydrogens is 643 g/mol. The lowest BCUT2D eigenvalue weighted by Gasteiger charge is -2.19. The number of nitrogens with zero attached hydrogens (tertiary/aromatic N) is 1. The van der Waals surface area contributed by atoms with Crippen LogP contribution in [0.4, 0.5) is 0 Å². The first kappa shape index (κ1) is 48.8. The number of hydrogen-bond acceptors (Lipinski definition) is 5. The Morgan fingerprint density at radius 1 is 0.500 bits per heavy atom. The first-order valence-corrected chi connectivity index (χ1v) is 23.1. The second-order valence-corrected chi connectivity index (χ2v) is 15.8. The molecule has 0 aliphatic carbocycles. The molecule has 0 saturated carbocycles. The third-order valence-corrected chi connectivity index (χ3v) is 10.6. The van der Waals surface area contributed by atoms with Gasteiger partial charge in [0.15, 0.2) is 0 Å². The molecule has 0 amide bonds. The van der Waals surface area contributed by atoms with E-state index in [0.29, 0.717) is 19.6 Å². The number of esters is 1. The second kappa shape index (κ2) is 41.0. The molecule has 1 aliphatic heterocycles. The van der Waals surface area contributed by atoms with Gasteiger partial charge in [0.05, 0.1) is 13.2 Å². The summed E-state index contributed by atoms with van der Waals surface area (Å²) in [5, 5.41) is 0. The van der Waals surface area contributed by atoms with Crippen LogP contribution in [0.1, 0.15) is 219 Å². The molecule has 0 aromatic rings. The van der Waals surface area contributed by atoms with Crippen molar-refractivity contribution in [3.8, 4) is 0 Å². The summed E-state index contributed by atoms with van der Waals surface area (Å²) in [4.78, 5) is 15.1. The zero-order valence-corrected chi connectivity index (χ0v) is 35.0. The van der Waals surface area contributed by atoms with Crippen LogP contribution >= 0.6 is 0 Å². The Hall–Kier alpha value is -1.17. The third kappa shape index (κ3) is 35.8. The third-order valence-electron chi connectivity index (χ3n) is 10.6. The minimum Gasteiger partial charge on any atom is -0.457 e. The second-order valence-electron chi connectivity index (χ2n) is 15.8. The molecule has 1 rings (SSSR count). The van der Waals surface area contributed by atoms with Gasteiger partial charge in [0.2, 0.25) is 0 Å². The molecule has 1 aliphatic rings. The van der Waals surface area contributed by atoms with Gasteiger partial charge in [0.1, 0.15) is 6.10 Å². The Bertz CT molecular complexity index is 731. The standard InChI is InChI=1S/C47H89NO4/c1-3-5-7-9-11-13-15-17-19-21-23-25-27-29-31-35-42-50-44-46(52-47(49)38-37-41-48-39-33-34-40-48)45-51-43-36-32-30-28-26-24-22-20-18-16-14-12-10-8-6-4-2/h17-20,46H,3-16,21-45H2,1-2H3. The van der Waals surface area contributed by atoms with Gasteiger partial charge in [-0.25, -0.2) is 0 Å². The van der Waals surface area contributed by atoms with Gasteiger partial charge in [-0.2, -0.15) is 0 Å². The smallest absolute Gasteiger partial charge is 0.306 e. The molecule has 0 aromatic heterocycles. The van der Waals surface area contributed by atoms with Gasteiger partial charge in [0.25, 0.3) is 0 Å². The van der Waals surface area contributed by atoms with Crippen molar-refractivity contribution < 1.29 is 19.0 Å². The minimum atomic E-state index is -0.303. The molecule has 0 bridgehead atoms. The highest BCUT2D eigenvalue weighted by molar-refractivity contribution is 5.69. The van der Waals surface area contributed by atoms with Crippen molar-refractivity contribution in [2.24, 2.45) is 0 Å². The predicted molar refractivity (Wildman–Crippen MR) is 225 cm³/mol. The average Bonchev–Trinajstić information content (AvgIpc) is 3.67. The van der Waals surface area contributed by atoms with Crippen LogP contribution in [0.5, 0.6) is 0 Å². The molecule has 0 N–H and O–H groups in total. The number of ether oxygens (including phenoxy) is 3. The molecule has 0 atom stereocenters. The van der Waals surface area contributed by atoms with Crippen molar-refractivity contribution in [2.45, 2.75) is 225 Å². The predicted octanol–water partition coefficient (Wildman–Crippen LogP) is 13.9. The summed E-state index contributed by atoms with van der Waals surface area (Å²) < 4.78 is 17.9. The summed E-state index contributed by atoms with van der Waals surface area (Å²) in [6.07, 6.45) is 49.8. The van der Waals surface area contributed by atoms with Crippen molar-refractivity contribution >= 4 is 5.97 Å². The highest BCUT2D eigenvalue weighted by Gasteiger charge is 2.17. The first-order chi connectivity index (χ1) is 25.8. The zero-order valence-electron chi connectivity index (χ0n) is 35.0. The Morgan fingerprint density at radius 3 is 1.27 bits per heavy atom. The maximum Gasteiger partial charge on any atom is 0.306 e.